The van der Waals surface area contributed by atoms with Crippen molar-refractivity contribution in [2.45, 2.75) is 39.3 Å². The van der Waals surface area contributed by atoms with Crippen LogP contribution in [-0.2, 0) is 0 Å². The third kappa shape index (κ3) is 2.54. The number of hydrogen-bond donors (Lipinski definition) is 1. The van der Waals surface area contributed by atoms with E-state index in [0.717, 1.165) is 22.6 Å². The second-order valence-corrected chi connectivity index (χ2v) is 5.53. The molecule has 0 amide bonds. The number of rotatable bonds is 4. The van der Waals surface area contributed by atoms with Crippen molar-refractivity contribution < 1.29 is 9.84 Å². The zero-order chi connectivity index (χ0) is 14.9. The fraction of sp³-hybridized carbons (Fsp3) is 0.467. The van der Waals surface area contributed by atoms with Gasteiger partial charge in [0.2, 0.25) is 0 Å². The van der Waals surface area contributed by atoms with Gasteiger partial charge < -0.3 is 9.84 Å². The van der Waals surface area contributed by atoms with Crippen LogP contribution in [0.2, 0.25) is 0 Å². The van der Waals surface area contributed by atoms with Crippen LogP contribution in [-0.4, -0.2) is 32.6 Å². The summed E-state index contributed by atoms with van der Waals surface area (Å²) in [5.74, 6) is 0.802. The summed E-state index contributed by atoms with van der Waals surface area (Å²) >= 11 is 0. The lowest BCUT2D eigenvalue weighted by Gasteiger charge is -2.30. The average molecular weight is 275 g/mol. The number of hydrogen-bond acceptors (Lipinski definition) is 4. The summed E-state index contributed by atoms with van der Waals surface area (Å²) in [6, 6.07) is 1.46. The maximum atomic E-state index is 10.5. The van der Waals surface area contributed by atoms with E-state index in [1.54, 1.807) is 38.0 Å². The van der Waals surface area contributed by atoms with Gasteiger partial charge in [-0.25, -0.2) is 0 Å². The number of ether oxygens (including phenoxy) is 1. The number of aryl methyl sites for hydroxylation is 1. The average Bonchev–Trinajstić information content (AvgIpc) is 2.85. The van der Waals surface area contributed by atoms with Crippen LogP contribution < -0.4 is 4.74 Å². The first-order chi connectivity index (χ1) is 9.36. The molecule has 2 aromatic rings. The Morgan fingerprint density at radius 3 is 2.55 bits per heavy atom. The van der Waals surface area contributed by atoms with Crippen LogP contribution in [0, 0.1) is 13.8 Å². The lowest BCUT2D eigenvalue weighted by Crippen LogP contribution is -2.35. The highest BCUT2D eigenvalue weighted by Crippen LogP contribution is 2.34. The van der Waals surface area contributed by atoms with Crippen molar-refractivity contribution in [2.24, 2.45) is 0 Å². The first kappa shape index (κ1) is 14.5. The molecular weight excluding hydrogens is 254 g/mol. The van der Waals surface area contributed by atoms with Crippen LogP contribution in [0.3, 0.4) is 0 Å². The van der Waals surface area contributed by atoms with Crippen molar-refractivity contribution in [3.05, 3.63) is 41.5 Å². The van der Waals surface area contributed by atoms with E-state index < -0.39 is 5.60 Å². The van der Waals surface area contributed by atoms with Gasteiger partial charge in [-0.1, -0.05) is 0 Å². The summed E-state index contributed by atoms with van der Waals surface area (Å²) in [6.45, 7) is 7.42. The van der Waals surface area contributed by atoms with E-state index in [-0.39, 0.29) is 6.04 Å². The molecule has 5 nitrogen and oxygen atoms in total. The summed E-state index contributed by atoms with van der Waals surface area (Å²) < 4.78 is 7.17. The molecule has 0 bridgehead atoms. The molecule has 0 aliphatic heterocycles. The number of methoxy groups -OCH3 is 1. The third-order valence-electron chi connectivity index (χ3n) is 3.40. The van der Waals surface area contributed by atoms with Crippen LogP contribution in [0.15, 0.2) is 24.7 Å². The molecule has 0 aliphatic rings. The van der Waals surface area contributed by atoms with Crippen molar-refractivity contribution in [3.8, 4) is 5.75 Å². The minimum absolute atomic E-state index is 0.369. The molecule has 108 valence electrons. The zero-order valence-electron chi connectivity index (χ0n) is 12.6. The lowest BCUT2D eigenvalue weighted by molar-refractivity contribution is 0.0326. The molecule has 5 heteroatoms. The number of aliphatic hydroxyl groups is 1. The smallest absolute Gasteiger partial charge is 0.128 e. The van der Waals surface area contributed by atoms with Crippen LogP contribution >= 0.6 is 0 Å². The van der Waals surface area contributed by atoms with E-state index in [9.17, 15) is 5.11 Å². The maximum Gasteiger partial charge on any atom is 0.128 e. The minimum Gasteiger partial charge on any atom is -0.496 e. The molecular formula is C15H21N3O2. The van der Waals surface area contributed by atoms with Crippen LogP contribution in [0.1, 0.15) is 36.7 Å². The van der Waals surface area contributed by atoms with Crippen LogP contribution in [0.4, 0.5) is 0 Å². The van der Waals surface area contributed by atoms with Crippen LogP contribution in [0.25, 0.3) is 0 Å². The molecule has 0 saturated carbocycles. The SMILES string of the molecule is COc1c(C)cnc([C@H](n2cccn2)C(C)(C)O)c1C. The number of pyridine rings is 1. The lowest BCUT2D eigenvalue weighted by atomic mass is 9.92. The molecule has 2 rings (SSSR count). The van der Waals surface area contributed by atoms with Gasteiger partial charge in [-0.15, -0.1) is 0 Å². The first-order valence-electron chi connectivity index (χ1n) is 6.58. The van der Waals surface area contributed by atoms with Gasteiger partial charge in [0.15, 0.2) is 0 Å². The summed E-state index contributed by atoms with van der Waals surface area (Å²) in [5, 5.41) is 14.8. The predicted molar refractivity (Wildman–Crippen MR) is 76.9 cm³/mol. The Labute approximate surface area is 119 Å². The fourth-order valence-electron chi connectivity index (χ4n) is 2.54. The second-order valence-electron chi connectivity index (χ2n) is 5.53. The van der Waals surface area contributed by atoms with Crippen molar-refractivity contribution in [3.63, 3.8) is 0 Å². The van der Waals surface area contributed by atoms with Crippen molar-refractivity contribution in [1.29, 1.82) is 0 Å². The monoisotopic (exact) mass is 275 g/mol. The van der Waals surface area contributed by atoms with Gasteiger partial charge in [0, 0.05) is 29.7 Å². The highest BCUT2D eigenvalue weighted by molar-refractivity contribution is 5.42. The topological polar surface area (TPSA) is 60.2 Å². The summed E-state index contributed by atoms with van der Waals surface area (Å²) in [4.78, 5) is 4.51. The molecule has 1 N–H and O–H groups in total. The van der Waals surface area contributed by atoms with E-state index in [0.29, 0.717) is 0 Å². The molecule has 0 radical (unpaired) electrons. The zero-order valence-corrected chi connectivity index (χ0v) is 12.6. The second kappa shape index (κ2) is 5.25. The molecule has 0 saturated heterocycles. The Kier molecular flexibility index (Phi) is 3.81. The Balaban J connectivity index is 2.62. The van der Waals surface area contributed by atoms with Gasteiger partial charge in [0.05, 0.1) is 18.4 Å². The highest BCUT2D eigenvalue weighted by atomic mass is 16.5. The van der Waals surface area contributed by atoms with Crippen LogP contribution in [0.5, 0.6) is 5.75 Å². The summed E-state index contributed by atoms with van der Waals surface area (Å²) in [5.41, 5.74) is 1.67. The Hall–Kier alpha value is -1.88. The van der Waals surface area contributed by atoms with E-state index in [1.165, 1.54) is 0 Å². The summed E-state index contributed by atoms with van der Waals surface area (Å²) in [7, 11) is 1.64. The fourth-order valence-corrected chi connectivity index (χ4v) is 2.54. The highest BCUT2D eigenvalue weighted by Gasteiger charge is 2.33. The molecule has 2 heterocycles. The molecule has 0 unspecified atom stereocenters. The minimum atomic E-state index is -0.996. The molecule has 20 heavy (non-hydrogen) atoms. The predicted octanol–water partition coefficient (Wildman–Crippen LogP) is 2.26. The Morgan fingerprint density at radius 1 is 1.35 bits per heavy atom. The summed E-state index contributed by atoms with van der Waals surface area (Å²) in [6.07, 6.45) is 5.29. The van der Waals surface area contributed by atoms with Gasteiger partial charge in [0.1, 0.15) is 11.8 Å². The van der Waals surface area contributed by atoms with Gasteiger partial charge in [-0.05, 0) is 33.8 Å². The Bertz CT molecular complexity index is 586. The molecule has 1 atom stereocenters. The van der Waals surface area contributed by atoms with E-state index >= 15 is 0 Å². The standard InChI is InChI=1S/C15H21N3O2/c1-10-9-16-12(11(2)13(10)20-5)14(15(3,4)19)18-8-6-7-17-18/h6-9,14,19H,1-5H3/t14-/m0/s1. The normalized spacial score (nSPS) is 13.3. The van der Waals surface area contributed by atoms with Gasteiger partial charge in [-0.2, -0.15) is 5.10 Å². The number of aromatic nitrogens is 3. The third-order valence-corrected chi connectivity index (χ3v) is 3.40. The van der Waals surface area contributed by atoms with Gasteiger partial charge in [-0.3, -0.25) is 9.67 Å². The van der Waals surface area contributed by atoms with E-state index in [4.69, 9.17) is 4.74 Å². The van der Waals surface area contributed by atoms with Crippen molar-refractivity contribution in [2.75, 3.05) is 7.11 Å². The van der Waals surface area contributed by atoms with Gasteiger partial charge in [0.25, 0.3) is 0 Å². The largest absolute Gasteiger partial charge is 0.496 e. The van der Waals surface area contributed by atoms with E-state index in [1.807, 2.05) is 26.1 Å². The molecule has 2 aromatic heterocycles. The van der Waals surface area contributed by atoms with E-state index in [2.05, 4.69) is 10.1 Å². The molecule has 0 aromatic carbocycles. The number of nitrogens with zero attached hydrogens (tertiary/aromatic N) is 3. The van der Waals surface area contributed by atoms with Crippen molar-refractivity contribution in [1.82, 2.24) is 14.8 Å². The van der Waals surface area contributed by atoms with Gasteiger partial charge >= 0.3 is 0 Å². The molecule has 0 fully saturated rings. The maximum absolute atomic E-state index is 10.5. The van der Waals surface area contributed by atoms with Crippen molar-refractivity contribution >= 4 is 0 Å². The first-order valence-corrected chi connectivity index (χ1v) is 6.58. The molecule has 0 spiro atoms. The quantitative estimate of drug-likeness (QED) is 0.930. The Morgan fingerprint density at radius 2 is 2.05 bits per heavy atom. The molecule has 0 aliphatic carbocycles.